The molecule has 0 unspecified atom stereocenters. The van der Waals surface area contributed by atoms with E-state index in [9.17, 15) is 0 Å². The minimum Gasteiger partial charge on any atom is -0.356 e. The largest absolute Gasteiger partial charge is 0.356 e. The van der Waals surface area contributed by atoms with Gasteiger partial charge >= 0.3 is 0 Å². The van der Waals surface area contributed by atoms with Crippen molar-refractivity contribution in [3.8, 4) is 0 Å². The summed E-state index contributed by atoms with van der Waals surface area (Å²) in [5, 5.41) is 7.48. The topological polar surface area (TPSA) is 29.9 Å². The summed E-state index contributed by atoms with van der Waals surface area (Å²) >= 11 is 1.73. The summed E-state index contributed by atoms with van der Waals surface area (Å²) < 4.78 is 2.12. The Balaban J connectivity index is 2.12. The number of imidazole rings is 1. The van der Waals surface area contributed by atoms with Crippen molar-refractivity contribution in [2.24, 2.45) is 0 Å². The van der Waals surface area contributed by atoms with Gasteiger partial charge in [0.25, 0.3) is 0 Å². The molecule has 14 heavy (non-hydrogen) atoms. The summed E-state index contributed by atoms with van der Waals surface area (Å²) in [6.07, 6.45) is 3.82. The van der Waals surface area contributed by atoms with E-state index in [-0.39, 0.29) is 0 Å². The average Bonchev–Trinajstić information content (AvgIpc) is 2.80. The second-order valence-corrected chi connectivity index (χ2v) is 3.82. The van der Waals surface area contributed by atoms with Crippen LogP contribution in [0.1, 0.15) is 12.5 Å². The highest BCUT2D eigenvalue weighted by atomic mass is 32.1. The molecule has 2 aromatic rings. The molecule has 2 heterocycles. The first-order chi connectivity index (χ1) is 6.90. The number of hydrogen-bond acceptors (Lipinski definition) is 3. The molecule has 3 nitrogen and oxygen atoms in total. The zero-order valence-corrected chi connectivity index (χ0v) is 8.92. The Hall–Kier alpha value is -1.29. The summed E-state index contributed by atoms with van der Waals surface area (Å²) in [5.74, 6) is 0.943. The maximum absolute atomic E-state index is 4.24. The molecule has 0 atom stereocenters. The van der Waals surface area contributed by atoms with Crippen molar-refractivity contribution in [1.29, 1.82) is 0 Å². The molecular weight excluding hydrogens is 194 g/mol. The monoisotopic (exact) mass is 207 g/mol. The quantitative estimate of drug-likeness (QED) is 0.834. The third-order valence-corrected chi connectivity index (χ3v) is 2.72. The van der Waals surface area contributed by atoms with E-state index in [0.717, 1.165) is 19.0 Å². The normalized spacial score (nSPS) is 10.4. The smallest absolute Gasteiger partial charge is 0.203 e. The van der Waals surface area contributed by atoms with Crippen molar-refractivity contribution in [3.05, 3.63) is 34.8 Å². The van der Waals surface area contributed by atoms with E-state index in [1.54, 1.807) is 11.3 Å². The van der Waals surface area contributed by atoms with Crippen LogP contribution in [0.3, 0.4) is 0 Å². The van der Waals surface area contributed by atoms with Crippen molar-refractivity contribution >= 4 is 17.3 Å². The Labute approximate surface area is 87.4 Å². The van der Waals surface area contributed by atoms with E-state index in [4.69, 9.17) is 0 Å². The molecule has 0 aliphatic rings. The van der Waals surface area contributed by atoms with Gasteiger partial charge in [0.1, 0.15) is 0 Å². The summed E-state index contributed by atoms with van der Waals surface area (Å²) in [7, 11) is 0. The molecule has 4 heteroatoms. The maximum Gasteiger partial charge on any atom is 0.203 e. The molecule has 0 radical (unpaired) electrons. The highest BCUT2D eigenvalue weighted by Gasteiger charge is 2.01. The summed E-state index contributed by atoms with van der Waals surface area (Å²) in [6, 6.07) is 2.14. The third kappa shape index (κ3) is 1.96. The van der Waals surface area contributed by atoms with Crippen LogP contribution in [0.25, 0.3) is 0 Å². The number of hydrogen-bond donors (Lipinski definition) is 1. The zero-order valence-electron chi connectivity index (χ0n) is 8.10. The van der Waals surface area contributed by atoms with E-state index in [0.29, 0.717) is 0 Å². The fourth-order valence-corrected chi connectivity index (χ4v) is 2.00. The van der Waals surface area contributed by atoms with Crippen molar-refractivity contribution in [3.63, 3.8) is 0 Å². The van der Waals surface area contributed by atoms with Gasteiger partial charge in [0, 0.05) is 18.9 Å². The van der Waals surface area contributed by atoms with Crippen LogP contribution in [0.2, 0.25) is 0 Å². The first-order valence-electron chi connectivity index (χ1n) is 4.66. The van der Waals surface area contributed by atoms with E-state index < -0.39 is 0 Å². The molecular formula is C10H13N3S. The third-order valence-electron chi connectivity index (χ3n) is 1.98. The van der Waals surface area contributed by atoms with Crippen LogP contribution in [0.5, 0.6) is 0 Å². The van der Waals surface area contributed by atoms with Crippen molar-refractivity contribution in [1.82, 2.24) is 9.55 Å². The van der Waals surface area contributed by atoms with Gasteiger partial charge in [-0.3, -0.25) is 0 Å². The van der Waals surface area contributed by atoms with Crippen LogP contribution >= 0.6 is 11.3 Å². The molecule has 1 N–H and O–H groups in total. The number of anilines is 1. The standard InChI is InChI=1S/C10H13N3S/c1-2-11-10-12-4-5-13(10)7-9-3-6-14-8-9/h3-6,8H,2,7H2,1H3,(H,11,12). The molecule has 0 saturated heterocycles. The van der Waals surface area contributed by atoms with Gasteiger partial charge in [-0.15, -0.1) is 0 Å². The molecule has 0 fully saturated rings. The average molecular weight is 207 g/mol. The molecule has 0 saturated carbocycles. The molecule has 2 rings (SSSR count). The number of rotatable bonds is 4. The number of thiophene rings is 1. The highest BCUT2D eigenvalue weighted by Crippen LogP contribution is 2.11. The van der Waals surface area contributed by atoms with Crippen molar-refractivity contribution < 1.29 is 0 Å². The van der Waals surface area contributed by atoms with E-state index in [2.05, 4.69) is 38.6 Å². The first kappa shape index (κ1) is 9.27. The maximum atomic E-state index is 4.24. The zero-order chi connectivity index (χ0) is 9.80. The molecule has 2 aromatic heterocycles. The fraction of sp³-hybridized carbons (Fsp3) is 0.300. The number of nitrogens with one attached hydrogen (secondary N) is 1. The Morgan fingerprint density at radius 3 is 3.21 bits per heavy atom. The Bertz CT molecular complexity index is 378. The van der Waals surface area contributed by atoms with Gasteiger partial charge in [-0.1, -0.05) is 0 Å². The van der Waals surface area contributed by atoms with E-state index >= 15 is 0 Å². The minimum absolute atomic E-state index is 0.895. The van der Waals surface area contributed by atoms with Gasteiger partial charge in [-0.25, -0.2) is 4.98 Å². The predicted octanol–water partition coefficient (Wildman–Crippen LogP) is 2.42. The fourth-order valence-electron chi connectivity index (χ4n) is 1.34. The Morgan fingerprint density at radius 1 is 1.57 bits per heavy atom. The predicted molar refractivity (Wildman–Crippen MR) is 59.8 cm³/mol. The second kappa shape index (κ2) is 4.28. The summed E-state index contributed by atoms with van der Waals surface area (Å²) in [4.78, 5) is 4.24. The molecule has 0 bridgehead atoms. The Morgan fingerprint density at radius 2 is 2.50 bits per heavy atom. The van der Waals surface area contributed by atoms with Gasteiger partial charge in [-0.2, -0.15) is 11.3 Å². The molecule has 0 aliphatic carbocycles. The molecule has 0 spiro atoms. The molecule has 0 aliphatic heterocycles. The van der Waals surface area contributed by atoms with Gasteiger partial charge in [0.05, 0.1) is 6.54 Å². The summed E-state index contributed by atoms with van der Waals surface area (Å²) in [5.41, 5.74) is 1.33. The van der Waals surface area contributed by atoms with E-state index in [1.807, 2.05) is 12.4 Å². The van der Waals surface area contributed by atoms with E-state index in [1.165, 1.54) is 5.56 Å². The van der Waals surface area contributed by atoms with Crippen molar-refractivity contribution in [2.75, 3.05) is 11.9 Å². The van der Waals surface area contributed by atoms with Gasteiger partial charge < -0.3 is 9.88 Å². The second-order valence-electron chi connectivity index (χ2n) is 3.04. The number of nitrogens with zero attached hydrogens (tertiary/aromatic N) is 2. The highest BCUT2D eigenvalue weighted by molar-refractivity contribution is 7.07. The first-order valence-corrected chi connectivity index (χ1v) is 5.60. The van der Waals surface area contributed by atoms with Crippen LogP contribution in [0.15, 0.2) is 29.2 Å². The lowest BCUT2D eigenvalue weighted by Crippen LogP contribution is -2.06. The van der Waals surface area contributed by atoms with Crippen LogP contribution in [0.4, 0.5) is 5.95 Å². The van der Waals surface area contributed by atoms with Crippen LogP contribution in [-0.2, 0) is 6.54 Å². The van der Waals surface area contributed by atoms with Gasteiger partial charge in [0.2, 0.25) is 5.95 Å². The SMILES string of the molecule is CCNc1nccn1Cc1ccsc1. The van der Waals surface area contributed by atoms with Gasteiger partial charge in [0.15, 0.2) is 0 Å². The molecule has 74 valence electrons. The molecule has 0 amide bonds. The lowest BCUT2D eigenvalue weighted by atomic mass is 10.3. The van der Waals surface area contributed by atoms with Crippen molar-refractivity contribution in [2.45, 2.75) is 13.5 Å². The van der Waals surface area contributed by atoms with Crippen LogP contribution in [-0.4, -0.2) is 16.1 Å². The van der Waals surface area contributed by atoms with Crippen LogP contribution < -0.4 is 5.32 Å². The lowest BCUT2D eigenvalue weighted by molar-refractivity contribution is 0.803. The van der Waals surface area contributed by atoms with Gasteiger partial charge in [-0.05, 0) is 29.3 Å². The summed E-state index contributed by atoms with van der Waals surface area (Å²) in [6.45, 7) is 3.87. The lowest BCUT2D eigenvalue weighted by Gasteiger charge is -2.06. The Kier molecular flexibility index (Phi) is 2.84. The minimum atomic E-state index is 0.895. The number of aromatic nitrogens is 2. The molecule has 0 aromatic carbocycles. The van der Waals surface area contributed by atoms with Crippen LogP contribution in [0, 0.1) is 0 Å².